The average Bonchev–Trinajstić information content (AvgIpc) is 3.11. The number of carboxylic acids is 1. The van der Waals surface area contributed by atoms with E-state index < -0.39 is 21.9 Å². The Bertz CT molecular complexity index is 882. The number of carboxylic acid groups (broad SMARTS) is 1. The van der Waals surface area contributed by atoms with Crippen LogP contribution >= 0.6 is 11.3 Å². The summed E-state index contributed by atoms with van der Waals surface area (Å²) in [6, 6.07) is 1.29. The molecule has 2 aromatic rings. The van der Waals surface area contributed by atoms with Crippen LogP contribution in [0, 0.1) is 0 Å². The third kappa shape index (κ3) is 3.63. The van der Waals surface area contributed by atoms with Crippen molar-refractivity contribution in [3.8, 4) is 0 Å². The van der Waals surface area contributed by atoms with Crippen LogP contribution in [0.25, 0.3) is 0 Å². The summed E-state index contributed by atoms with van der Waals surface area (Å²) >= 11 is 1.12. The molecule has 1 amide bonds. The third-order valence-electron chi connectivity index (χ3n) is 3.16. The number of nitrogens with zero attached hydrogens (tertiary/aromatic N) is 3. The maximum atomic E-state index is 12.2. The van der Waals surface area contributed by atoms with Crippen molar-refractivity contribution >= 4 is 33.2 Å². The van der Waals surface area contributed by atoms with Gasteiger partial charge in [0.15, 0.2) is 5.69 Å². The van der Waals surface area contributed by atoms with Crippen molar-refractivity contribution in [1.29, 1.82) is 0 Å². The van der Waals surface area contributed by atoms with Crippen LogP contribution in [-0.2, 0) is 23.6 Å². The van der Waals surface area contributed by atoms with E-state index in [0.29, 0.717) is 5.01 Å². The first-order valence-electron chi connectivity index (χ1n) is 6.67. The number of thiazole rings is 1. The smallest absolute Gasteiger partial charge is 0.355 e. The molecule has 2 aromatic heterocycles. The second kappa shape index (κ2) is 6.71. The van der Waals surface area contributed by atoms with Gasteiger partial charge in [-0.05, 0) is 6.07 Å². The summed E-state index contributed by atoms with van der Waals surface area (Å²) in [5.74, 6) is -1.62. The highest BCUT2D eigenvalue weighted by Gasteiger charge is 2.22. The van der Waals surface area contributed by atoms with Gasteiger partial charge in [0, 0.05) is 32.7 Å². The van der Waals surface area contributed by atoms with Crippen molar-refractivity contribution in [3.05, 3.63) is 34.0 Å². The largest absolute Gasteiger partial charge is 0.476 e. The Morgan fingerprint density at radius 3 is 2.62 bits per heavy atom. The van der Waals surface area contributed by atoms with E-state index in [9.17, 15) is 18.0 Å². The lowest BCUT2D eigenvalue weighted by Gasteiger charge is -2.08. The van der Waals surface area contributed by atoms with Crippen LogP contribution in [0.1, 0.15) is 26.0 Å². The molecule has 0 unspecified atom stereocenters. The number of hydrogen-bond donors (Lipinski definition) is 2. The molecule has 24 heavy (non-hydrogen) atoms. The Kier molecular flexibility index (Phi) is 5.06. The number of amides is 1. The second-order valence-corrected chi connectivity index (χ2v) is 8.17. The molecule has 0 fully saturated rings. The Morgan fingerprint density at radius 2 is 2.08 bits per heavy atom. The van der Waals surface area contributed by atoms with Gasteiger partial charge in [-0.1, -0.05) is 0 Å². The number of aromatic carboxylic acids is 1. The normalized spacial score (nSPS) is 11.7. The maximum Gasteiger partial charge on any atom is 0.355 e. The molecule has 2 rings (SSSR count). The Hall–Kier alpha value is -2.24. The van der Waals surface area contributed by atoms with E-state index >= 15 is 0 Å². The van der Waals surface area contributed by atoms with Gasteiger partial charge in [-0.3, -0.25) is 4.79 Å². The fraction of sp³-hybridized carbons (Fsp3) is 0.308. The zero-order valence-corrected chi connectivity index (χ0v) is 14.8. The highest BCUT2D eigenvalue weighted by atomic mass is 32.2. The maximum absolute atomic E-state index is 12.2. The average molecular weight is 372 g/mol. The molecule has 0 saturated heterocycles. The van der Waals surface area contributed by atoms with Crippen LogP contribution in [0.2, 0.25) is 0 Å². The quantitative estimate of drug-likeness (QED) is 0.755. The molecule has 0 aliphatic rings. The van der Waals surface area contributed by atoms with Gasteiger partial charge in [0.2, 0.25) is 10.0 Å². The van der Waals surface area contributed by atoms with Crippen molar-refractivity contribution in [3.63, 3.8) is 0 Å². The first kappa shape index (κ1) is 18.1. The van der Waals surface area contributed by atoms with E-state index in [1.807, 2.05) is 0 Å². The van der Waals surface area contributed by atoms with Crippen molar-refractivity contribution in [2.24, 2.45) is 7.05 Å². The van der Waals surface area contributed by atoms with Gasteiger partial charge in [0.1, 0.15) is 15.6 Å². The number of aromatic nitrogens is 2. The van der Waals surface area contributed by atoms with Gasteiger partial charge in [-0.2, -0.15) is 0 Å². The number of nitrogens with one attached hydrogen (secondary N) is 1. The molecule has 2 N–H and O–H groups in total. The highest BCUT2D eigenvalue weighted by Crippen LogP contribution is 2.17. The van der Waals surface area contributed by atoms with Crippen molar-refractivity contribution in [1.82, 2.24) is 19.2 Å². The van der Waals surface area contributed by atoms with E-state index in [0.717, 1.165) is 15.6 Å². The molecule has 0 bridgehead atoms. The Labute approximate surface area is 142 Å². The third-order valence-corrected chi connectivity index (χ3v) is 5.79. The lowest BCUT2D eigenvalue weighted by atomic mass is 10.4. The summed E-state index contributed by atoms with van der Waals surface area (Å²) < 4.78 is 26.6. The topological polar surface area (TPSA) is 122 Å². The number of carbonyl (C=O) groups is 2. The summed E-state index contributed by atoms with van der Waals surface area (Å²) in [7, 11) is 0.751. The predicted octanol–water partition coefficient (Wildman–Crippen LogP) is 0.360. The molecule has 0 atom stereocenters. The molecule has 0 aromatic carbocycles. The molecule has 11 heteroatoms. The van der Waals surface area contributed by atoms with Gasteiger partial charge in [-0.15, -0.1) is 11.3 Å². The van der Waals surface area contributed by atoms with Crippen LogP contribution < -0.4 is 5.32 Å². The molecule has 0 spiro atoms. The van der Waals surface area contributed by atoms with Gasteiger partial charge in [0.05, 0.1) is 6.54 Å². The van der Waals surface area contributed by atoms with E-state index in [-0.39, 0.29) is 22.8 Å². The summed E-state index contributed by atoms with van der Waals surface area (Å²) in [6.45, 7) is 0.0533. The van der Waals surface area contributed by atoms with Crippen LogP contribution in [-0.4, -0.2) is 53.4 Å². The molecular weight excluding hydrogens is 356 g/mol. The summed E-state index contributed by atoms with van der Waals surface area (Å²) in [4.78, 5) is 26.8. The van der Waals surface area contributed by atoms with E-state index in [4.69, 9.17) is 5.11 Å². The molecule has 0 saturated carbocycles. The van der Waals surface area contributed by atoms with E-state index in [1.165, 1.54) is 36.3 Å². The fourth-order valence-corrected chi connectivity index (χ4v) is 3.53. The SMILES string of the molecule is CN(C)S(=O)(=O)c1cc(C(=O)NCc2nc(C(=O)O)cs2)n(C)c1. The number of carbonyl (C=O) groups excluding carboxylic acids is 1. The minimum absolute atomic E-state index is 0.0163. The van der Waals surface area contributed by atoms with Gasteiger partial charge in [-0.25, -0.2) is 22.5 Å². The molecule has 0 radical (unpaired) electrons. The van der Waals surface area contributed by atoms with E-state index in [1.54, 1.807) is 7.05 Å². The number of sulfonamides is 1. The summed E-state index contributed by atoms with van der Waals surface area (Å²) in [5.41, 5.74) is 0.0907. The van der Waals surface area contributed by atoms with Crippen molar-refractivity contribution in [2.45, 2.75) is 11.4 Å². The van der Waals surface area contributed by atoms with Gasteiger partial charge < -0.3 is 15.0 Å². The van der Waals surface area contributed by atoms with Crippen LogP contribution in [0.3, 0.4) is 0 Å². The standard InChI is InChI=1S/C13H16N4O5S2/c1-16(2)24(21,22)8-4-10(17(3)6-8)12(18)14-5-11-15-9(7-23-11)13(19)20/h4,6-7H,5H2,1-3H3,(H,14,18)(H,19,20). The van der Waals surface area contributed by atoms with Crippen molar-refractivity contribution < 1.29 is 23.1 Å². The number of aryl methyl sites for hydroxylation is 1. The zero-order valence-electron chi connectivity index (χ0n) is 13.2. The molecular formula is C13H16N4O5S2. The lowest BCUT2D eigenvalue weighted by molar-refractivity contribution is 0.0691. The first-order valence-corrected chi connectivity index (χ1v) is 8.99. The molecule has 130 valence electrons. The molecule has 0 aliphatic carbocycles. The second-order valence-electron chi connectivity index (χ2n) is 5.07. The highest BCUT2D eigenvalue weighted by molar-refractivity contribution is 7.89. The molecule has 0 aliphatic heterocycles. The minimum atomic E-state index is -3.63. The lowest BCUT2D eigenvalue weighted by Crippen LogP contribution is -2.24. The van der Waals surface area contributed by atoms with Crippen LogP contribution in [0.4, 0.5) is 0 Å². The Balaban J connectivity index is 2.13. The molecule has 2 heterocycles. The predicted molar refractivity (Wildman–Crippen MR) is 86.5 cm³/mol. The van der Waals surface area contributed by atoms with E-state index in [2.05, 4.69) is 10.3 Å². The van der Waals surface area contributed by atoms with Crippen LogP contribution in [0.15, 0.2) is 22.5 Å². The molecule has 9 nitrogen and oxygen atoms in total. The zero-order chi connectivity index (χ0) is 18.1. The number of hydrogen-bond acceptors (Lipinski definition) is 6. The summed E-state index contributed by atoms with van der Waals surface area (Å²) in [5, 5.41) is 13.2. The fourth-order valence-electron chi connectivity index (χ4n) is 1.85. The van der Waals surface area contributed by atoms with Gasteiger partial charge in [0.25, 0.3) is 5.91 Å². The first-order chi connectivity index (χ1) is 11.1. The minimum Gasteiger partial charge on any atom is -0.476 e. The van der Waals surface area contributed by atoms with Gasteiger partial charge >= 0.3 is 5.97 Å². The number of rotatable bonds is 6. The Morgan fingerprint density at radius 1 is 1.42 bits per heavy atom. The van der Waals surface area contributed by atoms with Crippen LogP contribution in [0.5, 0.6) is 0 Å². The summed E-state index contributed by atoms with van der Waals surface area (Å²) in [6.07, 6.45) is 1.36. The van der Waals surface area contributed by atoms with Crippen molar-refractivity contribution in [2.75, 3.05) is 14.1 Å². The monoisotopic (exact) mass is 372 g/mol.